The monoisotopic (exact) mass is 469 g/mol. The van der Waals surface area contributed by atoms with Crippen molar-refractivity contribution in [2.24, 2.45) is 5.92 Å². The van der Waals surface area contributed by atoms with E-state index in [9.17, 15) is 10.2 Å². The van der Waals surface area contributed by atoms with E-state index in [1.165, 1.54) is 5.56 Å². The highest BCUT2D eigenvalue weighted by Gasteiger charge is 2.27. The summed E-state index contributed by atoms with van der Waals surface area (Å²) < 4.78 is 6.09. The predicted molar refractivity (Wildman–Crippen MR) is 124 cm³/mol. The molecule has 0 saturated carbocycles. The van der Waals surface area contributed by atoms with Gasteiger partial charge in [0.1, 0.15) is 5.75 Å². The van der Waals surface area contributed by atoms with E-state index in [2.05, 4.69) is 27.8 Å². The zero-order valence-electron chi connectivity index (χ0n) is 19.5. The lowest BCUT2D eigenvalue weighted by Crippen LogP contribution is -2.44. The van der Waals surface area contributed by atoms with Gasteiger partial charge in [0, 0.05) is 63.9 Å². The topological polar surface area (TPSA) is 134 Å². The molecule has 4 N–H and O–H groups in total. The highest BCUT2D eigenvalue weighted by Crippen LogP contribution is 2.24. The van der Waals surface area contributed by atoms with Crippen molar-refractivity contribution >= 4 is 12.9 Å². The quantitative estimate of drug-likeness (QED) is 0.311. The van der Waals surface area contributed by atoms with E-state index in [0.717, 1.165) is 71.0 Å². The smallest absolute Gasteiger partial charge is 0.290 e. The second-order valence-electron chi connectivity index (χ2n) is 8.20. The minimum Gasteiger partial charge on any atom is -0.493 e. The molecule has 0 spiro atoms. The summed E-state index contributed by atoms with van der Waals surface area (Å²) in [5.41, 5.74) is 1.17. The lowest BCUT2D eigenvalue weighted by atomic mass is 9.94. The number of carbonyl (C=O) groups is 2. The van der Waals surface area contributed by atoms with Crippen LogP contribution in [-0.4, -0.2) is 120 Å². The standard InChI is InChI=1S/C21H35N3O3.2CH2O2/c1-22-10-12-23(13-11-22)8-4-14-27-21-6-3-2-5-18(21)15-24-9-7-19(17-25)20(26)16-24;2*2-1-3/h2-3,5-6,19-20,25-26H,4,7-17H2,1H3;2*1H,(H,2,3)/t19-,20-;;/m1../s1. The number of rotatable bonds is 8. The Kier molecular flexibility index (Phi) is 15.1. The van der Waals surface area contributed by atoms with Crippen molar-refractivity contribution in [2.45, 2.75) is 25.5 Å². The van der Waals surface area contributed by atoms with Gasteiger partial charge in [0.2, 0.25) is 0 Å². The van der Waals surface area contributed by atoms with E-state index in [4.69, 9.17) is 24.5 Å². The predicted octanol–water partition coefficient (Wildman–Crippen LogP) is 0.280. The van der Waals surface area contributed by atoms with Crippen molar-refractivity contribution < 1.29 is 34.8 Å². The summed E-state index contributed by atoms with van der Waals surface area (Å²) in [6.07, 6.45) is 1.44. The minimum atomic E-state index is -0.444. The summed E-state index contributed by atoms with van der Waals surface area (Å²) in [6, 6.07) is 8.22. The molecule has 0 aromatic heterocycles. The van der Waals surface area contributed by atoms with Crippen LogP contribution >= 0.6 is 0 Å². The molecule has 2 fully saturated rings. The molecule has 0 amide bonds. The molecule has 1 aromatic rings. The van der Waals surface area contributed by atoms with Crippen molar-refractivity contribution in [3.05, 3.63) is 29.8 Å². The molecule has 10 heteroatoms. The summed E-state index contributed by atoms with van der Waals surface area (Å²) >= 11 is 0. The van der Waals surface area contributed by atoms with Gasteiger partial charge in [-0.1, -0.05) is 18.2 Å². The summed E-state index contributed by atoms with van der Waals surface area (Å²) in [5, 5.41) is 33.2. The molecule has 188 valence electrons. The van der Waals surface area contributed by atoms with Crippen molar-refractivity contribution in [1.29, 1.82) is 0 Å². The molecule has 0 bridgehead atoms. The van der Waals surface area contributed by atoms with Crippen LogP contribution in [0, 0.1) is 5.92 Å². The third-order valence-corrected chi connectivity index (χ3v) is 5.88. The van der Waals surface area contributed by atoms with Gasteiger partial charge in [-0.05, 0) is 32.5 Å². The summed E-state index contributed by atoms with van der Waals surface area (Å²) in [4.78, 5) is 23.9. The zero-order valence-corrected chi connectivity index (χ0v) is 19.5. The van der Waals surface area contributed by atoms with Crippen LogP contribution in [0.1, 0.15) is 18.4 Å². The van der Waals surface area contributed by atoms with Crippen molar-refractivity contribution in [1.82, 2.24) is 14.7 Å². The molecule has 2 aliphatic heterocycles. The van der Waals surface area contributed by atoms with E-state index in [1.807, 2.05) is 18.2 Å². The Labute approximate surface area is 196 Å². The second-order valence-corrected chi connectivity index (χ2v) is 8.20. The zero-order chi connectivity index (χ0) is 24.5. The number of aliphatic hydroxyl groups is 2. The summed E-state index contributed by atoms with van der Waals surface area (Å²) in [7, 11) is 2.18. The van der Waals surface area contributed by atoms with Crippen LogP contribution in [0.15, 0.2) is 24.3 Å². The summed E-state index contributed by atoms with van der Waals surface area (Å²) in [5.74, 6) is 0.969. The largest absolute Gasteiger partial charge is 0.493 e. The van der Waals surface area contributed by atoms with Gasteiger partial charge >= 0.3 is 0 Å². The Morgan fingerprint density at radius 1 is 1.03 bits per heavy atom. The van der Waals surface area contributed by atoms with Crippen LogP contribution < -0.4 is 4.74 Å². The third kappa shape index (κ3) is 11.4. The second kappa shape index (κ2) is 17.3. The molecule has 2 saturated heterocycles. The molecular formula is C23H39N3O7. The number of benzene rings is 1. The number of likely N-dealkylation sites (N-methyl/N-ethyl adjacent to an activating group) is 1. The van der Waals surface area contributed by atoms with Gasteiger partial charge in [0.15, 0.2) is 0 Å². The number of ether oxygens (including phenoxy) is 1. The molecule has 0 radical (unpaired) electrons. The molecule has 1 aromatic carbocycles. The maximum absolute atomic E-state index is 10.2. The fraction of sp³-hybridized carbons (Fsp3) is 0.652. The molecule has 33 heavy (non-hydrogen) atoms. The van der Waals surface area contributed by atoms with Crippen molar-refractivity contribution in [2.75, 3.05) is 66.1 Å². The Morgan fingerprint density at radius 3 is 2.27 bits per heavy atom. The average molecular weight is 470 g/mol. The van der Waals surface area contributed by atoms with Crippen molar-refractivity contribution in [3.63, 3.8) is 0 Å². The van der Waals surface area contributed by atoms with Gasteiger partial charge in [-0.15, -0.1) is 0 Å². The normalized spacial score (nSPS) is 21.7. The van der Waals surface area contributed by atoms with E-state index in [-0.39, 0.29) is 25.5 Å². The number of likely N-dealkylation sites (tertiary alicyclic amines) is 1. The maximum Gasteiger partial charge on any atom is 0.290 e. The number of piperazine rings is 1. The van der Waals surface area contributed by atoms with Crippen LogP contribution in [-0.2, 0) is 16.1 Å². The van der Waals surface area contributed by atoms with Gasteiger partial charge in [-0.2, -0.15) is 0 Å². The number of β-amino-alcohol motifs (C(OH)–C–C–N with tert-alkyl or cyclic N) is 1. The Morgan fingerprint density at radius 2 is 1.67 bits per heavy atom. The van der Waals surface area contributed by atoms with Crippen LogP contribution in [0.4, 0.5) is 0 Å². The molecule has 2 atom stereocenters. The van der Waals surface area contributed by atoms with Crippen molar-refractivity contribution in [3.8, 4) is 5.75 Å². The first kappa shape index (κ1) is 28.8. The number of aliphatic hydroxyl groups excluding tert-OH is 2. The number of piperidine rings is 1. The van der Waals surface area contributed by atoms with E-state index in [1.54, 1.807) is 0 Å². The molecule has 3 rings (SSSR count). The van der Waals surface area contributed by atoms with Crippen LogP contribution in [0.25, 0.3) is 0 Å². The molecule has 2 heterocycles. The Bertz CT molecular complexity index is 651. The molecule has 2 aliphatic rings. The number of para-hydroxylation sites is 1. The first-order chi connectivity index (χ1) is 16.0. The van der Waals surface area contributed by atoms with E-state index >= 15 is 0 Å². The van der Waals surface area contributed by atoms with Gasteiger partial charge in [-0.3, -0.25) is 14.5 Å². The Hall–Kier alpha value is -2.24. The highest BCUT2D eigenvalue weighted by molar-refractivity contribution is 5.33. The molecule has 0 aliphatic carbocycles. The molecule has 10 nitrogen and oxygen atoms in total. The van der Waals surface area contributed by atoms with Crippen LogP contribution in [0.2, 0.25) is 0 Å². The lowest BCUT2D eigenvalue weighted by Gasteiger charge is -2.35. The molecule has 0 unspecified atom stereocenters. The van der Waals surface area contributed by atoms with Gasteiger partial charge in [0.25, 0.3) is 12.9 Å². The highest BCUT2D eigenvalue weighted by atomic mass is 16.5. The number of nitrogens with zero attached hydrogens (tertiary/aromatic N) is 3. The minimum absolute atomic E-state index is 0.0160. The number of carboxylic acid groups (broad SMARTS) is 2. The Balaban J connectivity index is 0.000000819. The number of hydrogen-bond acceptors (Lipinski definition) is 8. The first-order valence-corrected chi connectivity index (χ1v) is 11.3. The first-order valence-electron chi connectivity index (χ1n) is 11.3. The van der Waals surface area contributed by atoms with Crippen LogP contribution in [0.5, 0.6) is 5.75 Å². The average Bonchev–Trinajstić information content (AvgIpc) is 2.80. The van der Waals surface area contributed by atoms with Gasteiger partial charge in [-0.25, -0.2) is 0 Å². The SMILES string of the molecule is CN1CCN(CCCOc2ccccc2CN2CC[C@H](CO)[C@H](O)C2)CC1.O=CO.O=CO. The van der Waals surface area contributed by atoms with Gasteiger partial charge in [0.05, 0.1) is 12.7 Å². The fourth-order valence-corrected chi connectivity index (χ4v) is 3.96. The number of hydrogen-bond donors (Lipinski definition) is 4. The lowest BCUT2D eigenvalue weighted by molar-refractivity contribution is -0.123. The van der Waals surface area contributed by atoms with E-state index in [0.29, 0.717) is 6.54 Å². The maximum atomic E-state index is 10.2. The fourth-order valence-electron chi connectivity index (χ4n) is 3.96. The summed E-state index contributed by atoms with van der Waals surface area (Å²) in [6.45, 7) is 8.31. The van der Waals surface area contributed by atoms with Gasteiger partial charge < -0.3 is 35.0 Å². The third-order valence-electron chi connectivity index (χ3n) is 5.88. The molecular weight excluding hydrogens is 430 g/mol. The van der Waals surface area contributed by atoms with E-state index < -0.39 is 6.10 Å². The van der Waals surface area contributed by atoms with Crippen LogP contribution in [0.3, 0.4) is 0 Å².